The fraction of sp³-hybridized carbons (Fsp3) is 0.667. The summed E-state index contributed by atoms with van der Waals surface area (Å²) in [5, 5.41) is 0.966. The van der Waals surface area contributed by atoms with Gasteiger partial charge in [0.15, 0.2) is 0 Å². The van der Waals surface area contributed by atoms with Crippen LogP contribution in [-0.2, 0) is 19.1 Å². The Hall–Kier alpha value is -1.19. The summed E-state index contributed by atoms with van der Waals surface area (Å²) in [6, 6.07) is 0. The van der Waals surface area contributed by atoms with Crippen LogP contribution in [0.4, 0.5) is 0 Å². The zero-order chi connectivity index (χ0) is 14.6. The van der Waals surface area contributed by atoms with Crippen LogP contribution in [0.3, 0.4) is 0 Å². The molecule has 3 aliphatic heterocycles. The summed E-state index contributed by atoms with van der Waals surface area (Å²) in [5.41, 5.74) is 1.02. The standard InChI is InChI=1S/C12H13N3O4S2/c1-20-9-8(13-21-14-9)7-5-15-4-6(7)2-3-12(15)18-10(16)11(17)19-12/h6-7H,2-5H2,1H3. The highest BCUT2D eigenvalue weighted by molar-refractivity contribution is 7.98. The third kappa shape index (κ3) is 1.91. The molecule has 0 N–H and O–H groups in total. The van der Waals surface area contributed by atoms with Gasteiger partial charge in [0, 0.05) is 25.4 Å². The number of thioether (sulfide) groups is 1. The van der Waals surface area contributed by atoms with Crippen LogP contribution in [0.15, 0.2) is 5.03 Å². The average molecular weight is 327 g/mol. The van der Waals surface area contributed by atoms with E-state index in [-0.39, 0.29) is 5.92 Å². The molecule has 0 amide bonds. The van der Waals surface area contributed by atoms with Crippen molar-refractivity contribution in [2.75, 3.05) is 19.3 Å². The predicted molar refractivity (Wildman–Crippen MR) is 73.6 cm³/mol. The lowest BCUT2D eigenvalue weighted by molar-refractivity contribution is -0.257. The van der Waals surface area contributed by atoms with E-state index in [0.717, 1.165) is 23.7 Å². The molecule has 7 nitrogen and oxygen atoms in total. The summed E-state index contributed by atoms with van der Waals surface area (Å²) in [4.78, 5) is 24.7. The van der Waals surface area contributed by atoms with Crippen LogP contribution in [0.5, 0.6) is 0 Å². The van der Waals surface area contributed by atoms with E-state index in [4.69, 9.17) is 9.47 Å². The zero-order valence-corrected chi connectivity index (χ0v) is 12.9. The Morgan fingerprint density at radius 1 is 1.29 bits per heavy atom. The van der Waals surface area contributed by atoms with Crippen molar-refractivity contribution in [3.05, 3.63) is 5.69 Å². The van der Waals surface area contributed by atoms with Crippen molar-refractivity contribution >= 4 is 35.4 Å². The molecule has 4 heterocycles. The summed E-state index contributed by atoms with van der Waals surface area (Å²) in [6.45, 7) is 1.42. The molecule has 9 heteroatoms. The van der Waals surface area contributed by atoms with Crippen molar-refractivity contribution in [1.29, 1.82) is 0 Å². The minimum Gasteiger partial charge on any atom is -0.400 e. The van der Waals surface area contributed by atoms with Crippen LogP contribution < -0.4 is 0 Å². The summed E-state index contributed by atoms with van der Waals surface area (Å²) in [7, 11) is 0. The molecule has 4 rings (SSSR count). The van der Waals surface area contributed by atoms with Crippen molar-refractivity contribution < 1.29 is 19.1 Å². The highest BCUT2D eigenvalue weighted by atomic mass is 32.2. The number of carbonyl (C=O) groups is 2. The molecule has 3 atom stereocenters. The first-order valence-electron chi connectivity index (χ1n) is 6.71. The smallest absolute Gasteiger partial charge is 0.400 e. The van der Waals surface area contributed by atoms with E-state index >= 15 is 0 Å². The second-order valence-electron chi connectivity index (χ2n) is 5.46. The molecule has 0 aliphatic carbocycles. The van der Waals surface area contributed by atoms with Crippen LogP contribution in [0.1, 0.15) is 24.5 Å². The number of nitrogens with zero attached hydrogens (tertiary/aromatic N) is 3. The number of piperidine rings is 1. The zero-order valence-electron chi connectivity index (χ0n) is 11.3. The Morgan fingerprint density at radius 2 is 2.05 bits per heavy atom. The Morgan fingerprint density at radius 3 is 2.76 bits per heavy atom. The van der Waals surface area contributed by atoms with Crippen LogP contribution in [0.25, 0.3) is 0 Å². The average Bonchev–Trinajstić information content (AvgIpc) is 3.13. The minimum atomic E-state index is -1.18. The molecule has 3 aliphatic rings. The van der Waals surface area contributed by atoms with E-state index < -0.39 is 17.8 Å². The predicted octanol–water partition coefficient (Wildman–Crippen LogP) is 0.823. The lowest BCUT2D eigenvalue weighted by Gasteiger charge is -2.37. The molecule has 1 aromatic rings. The number of fused-ring (bicyclic) bond motifs is 3. The van der Waals surface area contributed by atoms with E-state index in [2.05, 4.69) is 8.75 Å². The summed E-state index contributed by atoms with van der Waals surface area (Å²) in [5.74, 6) is -2.27. The van der Waals surface area contributed by atoms with Crippen molar-refractivity contribution in [2.45, 2.75) is 29.7 Å². The van der Waals surface area contributed by atoms with Gasteiger partial charge in [-0.3, -0.25) is 0 Å². The van der Waals surface area contributed by atoms with Gasteiger partial charge in [0.2, 0.25) is 0 Å². The molecule has 3 saturated heterocycles. The molecule has 1 spiro atoms. The van der Waals surface area contributed by atoms with Crippen LogP contribution >= 0.6 is 23.5 Å². The highest BCUT2D eigenvalue weighted by Gasteiger charge is 2.59. The number of aromatic nitrogens is 2. The summed E-state index contributed by atoms with van der Waals surface area (Å²) < 4.78 is 19.2. The van der Waals surface area contributed by atoms with E-state index in [1.54, 1.807) is 11.8 Å². The van der Waals surface area contributed by atoms with Gasteiger partial charge in [-0.15, -0.1) is 11.8 Å². The summed E-state index contributed by atoms with van der Waals surface area (Å²) in [6.07, 6.45) is 3.36. The number of ether oxygens (including phenoxy) is 2. The van der Waals surface area contributed by atoms with Gasteiger partial charge in [-0.2, -0.15) is 8.75 Å². The molecule has 3 fully saturated rings. The molecular formula is C12H13N3O4S2. The second-order valence-corrected chi connectivity index (χ2v) is 6.78. The van der Waals surface area contributed by atoms with E-state index in [0.29, 0.717) is 18.9 Å². The second kappa shape index (κ2) is 4.65. The Balaban J connectivity index is 1.62. The molecule has 3 unspecified atom stereocenters. The quantitative estimate of drug-likeness (QED) is 0.449. The number of carbonyl (C=O) groups excluding carboxylic acids is 2. The van der Waals surface area contributed by atoms with Gasteiger partial charge >= 0.3 is 17.8 Å². The Labute approximate surface area is 129 Å². The molecule has 0 radical (unpaired) electrons. The van der Waals surface area contributed by atoms with Gasteiger partial charge in [-0.1, -0.05) is 0 Å². The SMILES string of the molecule is CSc1nsnc1C1CN2CC1CCC21OC(=O)C(=O)O1. The monoisotopic (exact) mass is 327 g/mol. The van der Waals surface area contributed by atoms with Crippen LogP contribution in [0, 0.1) is 5.92 Å². The van der Waals surface area contributed by atoms with E-state index in [1.807, 2.05) is 11.2 Å². The first kappa shape index (κ1) is 13.5. The highest BCUT2D eigenvalue weighted by Crippen LogP contribution is 2.48. The number of hydrogen-bond donors (Lipinski definition) is 0. The third-order valence-electron chi connectivity index (χ3n) is 4.45. The van der Waals surface area contributed by atoms with Crippen molar-refractivity contribution in [2.24, 2.45) is 5.92 Å². The molecule has 21 heavy (non-hydrogen) atoms. The molecule has 2 bridgehead atoms. The van der Waals surface area contributed by atoms with Crippen LogP contribution in [-0.4, -0.2) is 50.8 Å². The normalized spacial score (nSPS) is 33.3. The summed E-state index contributed by atoms with van der Waals surface area (Å²) >= 11 is 2.82. The van der Waals surface area contributed by atoms with Gasteiger partial charge in [-0.25, -0.2) is 14.5 Å². The largest absolute Gasteiger partial charge is 0.421 e. The number of hydrogen-bond acceptors (Lipinski definition) is 9. The molecule has 112 valence electrons. The van der Waals surface area contributed by atoms with Crippen molar-refractivity contribution in [1.82, 2.24) is 13.6 Å². The molecule has 1 aromatic heterocycles. The molecule has 0 aromatic carbocycles. The van der Waals surface area contributed by atoms with Gasteiger partial charge in [0.1, 0.15) is 5.03 Å². The Kier molecular flexibility index (Phi) is 2.98. The minimum absolute atomic E-state index is 0.253. The van der Waals surface area contributed by atoms with E-state index in [1.165, 1.54) is 11.7 Å². The van der Waals surface area contributed by atoms with E-state index in [9.17, 15) is 9.59 Å². The lowest BCUT2D eigenvalue weighted by atomic mass is 9.88. The molecule has 0 saturated carbocycles. The topological polar surface area (TPSA) is 81.6 Å². The maximum absolute atomic E-state index is 11.4. The van der Waals surface area contributed by atoms with Gasteiger partial charge in [-0.05, 0) is 18.6 Å². The van der Waals surface area contributed by atoms with Crippen molar-refractivity contribution in [3.8, 4) is 0 Å². The maximum atomic E-state index is 11.4. The van der Waals surface area contributed by atoms with Crippen LogP contribution in [0.2, 0.25) is 0 Å². The lowest BCUT2D eigenvalue weighted by Crippen LogP contribution is -2.51. The molecular weight excluding hydrogens is 314 g/mol. The Bertz CT molecular complexity index is 603. The number of esters is 2. The maximum Gasteiger partial charge on any atom is 0.421 e. The first-order chi connectivity index (χ1) is 10.1. The fourth-order valence-electron chi connectivity index (χ4n) is 3.46. The first-order valence-corrected chi connectivity index (χ1v) is 8.66. The number of rotatable bonds is 2. The van der Waals surface area contributed by atoms with Gasteiger partial charge in [0.25, 0.3) is 0 Å². The van der Waals surface area contributed by atoms with Gasteiger partial charge < -0.3 is 9.47 Å². The third-order valence-corrected chi connectivity index (χ3v) is 5.80. The van der Waals surface area contributed by atoms with Gasteiger partial charge in [0.05, 0.1) is 17.4 Å². The fourth-order valence-corrected chi connectivity index (χ4v) is 4.84. The van der Waals surface area contributed by atoms with Crippen molar-refractivity contribution in [3.63, 3.8) is 0 Å².